The molecule has 0 bridgehead atoms. The van der Waals surface area contributed by atoms with Gasteiger partial charge in [-0.15, -0.1) is 11.8 Å². The number of thioether (sulfide) groups is 1. The second-order valence-corrected chi connectivity index (χ2v) is 8.07. The van der Waals surface area contributed by atoms with Crippen LogP contribution in [0.4, 0.5) is 13.2 Å². The highest BCUT2D eigenvalue weighted by atomic mass is 32.2. The minimum absolute atomic E-state index is 0.182. The van der Waals surface area contributed by atoms with Crippen molar-refractivity contribution in [1.82, 2.24) is 20.0 Å². The van der Waals surface area contributed by atoms with Crippen LogP contribution >= 0.6 is 11.8 Å². The minimum atomic E-state index is -4.53. The van der Waals surface area contributed by atoms with Crippen LogP contribution < -0.4 is 5.32 Å². The molecule has 1 unspecified atom stereocenters. The van der Waals surface area contributed by atoms with E-state index in [4.69, 9.17) is 0 Å². The van der Waals surface area contributed by atoms with Crippen molar-refractivity contribution in [3.05, 3.63) is 29.1 Å². The quantitative estimate of drug-likeness (QED) is 0.764. The Morgan fingerprint density at radius 1 is 1.39 bits per heavy atom. The normalized spacial score (nSPS) is 23.4. The van der Waals surface area contributed by atoms with Crippen molar-refractivity contribution in [1.29, 1.82) is 0 Å². The summed E-state index contributed by atoms with van der Waals surface area (Å²) in [5, 5.41) is 17.3. The summed E-state index contributed by atoms with van der Waals surface area (Å²) in [7, 11) is 0. The third-order valence-electron chi connectivity index (χ3n) is 5.22. The van der Waals surface area contributed by atoms with Gasteiger partial charge in [0.25, 0.3) is 0 Å². The van der Waals surface area contributed by atoms with Crippen LogP contribution in [0.15, 0.2) is 23.4 Å². The number of carboxylic acid groups (broad SMARTS) is 1. The lowest BCUT2D eigenvalue weighted by Gasteiger charge is -2.42. The number of amides is 1. The van der Waals surface area contributed by atoms with Crippen molar-refractivity contribution in [2.45, 2.75) is 43.8 Å². The average molecular weight is 418 g/mol. The van der Waals surface area contributed by atoms with Gasteiger partial charge in [-0.05, 0) is 31.2 Å². The Morgan fingerprint density at radius 3 is 2.57 bits per heavy atom. The smallest absolute Gasteiger partial charge is 0.435 e. The minimum Gasteiger partial charge on any atom is -0.477 e. The summed E-state index contributed by atoms with van der Waals surface area (Å²) in [6.07, 6.45) is -1.27. The molecule has 28 heavy (non-hydrogen) atoms. The van der Waals surface area contributed by atoms with Crippen LogP contribution in [0.2, 0.25) is 0 Å². The molecule has 2 N–H and O–H groups in total. The molecule has 2 aliphatic rings. The van der Waals surface area contributed by atoms with E-state index in [0.717, 1.165) is 23.4 Å². The lowest BCUT2D eigenvalue weighted by molar-refractivity contribution is -0.142. The Morgan fingerprint density at radius 2 is 2.07 bits per heavy atom. The standard InChI is InChI=1S/C17H21F3N4O3S/c1-2-16(21-12(10-28-16)15(26)27)11-3-6-23(7-4-11)14(25)9-24-8-5-13(22-24)17(18,19)20/h5,8,10-11,21H,2-4,6-7,9H2,1H3,(H,26,27). The largest absolute Gasteiger partial charge is 0.477 e. The Labute approximate surface area is 163 Å². The molecular weight excluding hydrogens is 397 g/mol. The molecule has 0 radical (unpaired) electrons. The highest BCUT2D eigenvalue weighted by Crippen LogP contribution is 2.44. The van der Waals surface area contributed by atoms with Gasteiger partial charge in [0, 0.05) is 24.7 Å². The number of rotatable bonds is 5. The number of carboxylic acids is 1. The molecule has 0 aliphatic carbocycles. The molecule has 2 aliphatic heterocycles. The van der Waals surface area contributed by atoms with Gasteiger partial charge in [0.15, 0.2) is 5.69 Å². The van der Waals surface area contributed by atoms with Gasteiger partial charge in [-0.2, -0.15) is 18.3 Å². The van der Waals surface area contributed by atoms with Crippen LogP contribution in [0.3, 0.4) is 0 Å². The number of carbonyl (C=O) groups is 2. The molecule has 3 rings (SSSR count). The van der Waals surface area contributed by atoms with E-state index < -0.39 is 22.7 Å². The third kappa shape index (κ3) is 4.13. The molecule has 11 heteroatoms. The molecule has 1 fully saturated rings. The Bertz CT molecular complexity index is 787. The molecule has 7 nitrogen and oxygen atoms in total. The maximum absolute atomic E-state index is 12.6. The SMILES string of the molecule is CCC1(C2CCN(C(=O)Cn3ccc(C(F)(F)F)n3)CC2)NC(C(=O)O)=CS1. The van der Waals surface area contributed by atoms with Crippen molar-refractivity contribution in [2.24, 2.45) is 5.92 Å². The second-order valence-electron chi connectivity index (χ2n) is 6.87. The van der Waals surface area contributed by atoms with E-state index in [2.05, 4.69) is 10.4 Å². The monoisotopic (exact) mass is 418 g/mol. The maximum Gasteiger partial charge on any atom is 0.435 e. The van der Waals surface area contributed by atoms with E-state index in [-0.39, 0.29) is 24.1 Å². The topological polar surface area (TPSA) is 87.5 Å². The van der Waals surface area contributed by atoms with Gasteiger partial charge in [0.1, 0.15) is 12.2 Å². The summed E-state index contributed by atoms with van der Waals surface area (Å²) in [6, 6.07) is 0.848. The first kappa shape index (κ1) is 20.6. The van der Waals surface area contributed by atoms with E-state index in [9.17, 15) is 27.9 Å². The second kappa shape index (κ2) is 7.69. The van der Waals surface area contributed by atoms with E-state index in [0.29, 0.717) is 25.9 Å². The number of aliphatic carboxylic acids is 1. The van der Waals surface area contributed by atoms with Crippen molar-refractivity contribution in [2.75, 3.05) is 13.1 Å². The fourth-order valence-corrected chi connectivity index (χ4v) is 4.90. The molecule has 1 saturated heterocycles. The molecule has 1 aromatic heterocycles. The van der Waals surface area contributed by atoms with Crippen LogP contribution in [0, 0.1) is 5.92 Å². The highest BCUT2D eigenvalue weighted by molar-refractivity contribution is 8.03. The van der Waals surface area contributed by atoms with Crippen LogP contribution in [0.1, 0.15) is 31.9 Å². The number of nitrogens with zero attached hydrogens (tertiary/aromatic N) is 3. The Balaban J connectivity index is 1.55. The summed E-state index contributed by atoms with van der Waals surface area (Å²) in [5.41, 5.74) is -0.834. The zero-order chi connectivity index (χ0) is 20.5. The summed E-state index contributed by atoms with van der Waals surface area (Å²) in [4.78, 5) is 24.8. The van der Waals surface area contributed by atoms with Crippen LogP contribution in [0.5, 0.6) is 0 Å². The van der Waals surface area contributed by atoms with Gasteiger partial charge in [-0.25, -0.2) is 4.79 Å². The molecule has 154 valence electrons. The van der Waals surface area contributed by atoms with E-state index >= 15 is 0 Å². The van der Waals surface area contributed by atoms with Gasteiger partial charge in [0.05, 0.1) is 4.87 Å². The summed E-state index contributed by atoms with van der Waals surface area (Å²) in [6.45, 7) is 2.70. The van der Waals surface area contributed by atoms with Gasteiger partial charge in [-0.3, -0.25) is 9.48 Å². The summed E-state index contributed by atoms with van der Waals surface area (Å²) >= 11 is 1.47. The lowest BCUT2D eigenvalue weighted by atomic mass is 9.87. The number of hydrogen-bond acceptors (Lipinski definition) is 5. The van der Waals surface area contributed by atoms with Crippen LogP contribution in [-0.4, -0.2) is 49.6 Å². The van der Waals surface area contributed by atoms with Crippen LogP contribution in [-0.2, 0) is 22.3 Å². The van der Waals surface area contributed by atoms with Crippen molar-refractivity contribution >= 4 is 23.6 Å². The van der Waals surface area contributed by atoms with Crippen LogP contribution in [0.25, 0.3) is 0 Å². The Hall–Kier alpha value is -2.17. The van der Waals surface area contributed by atoms with Gasteiger partial charge < -0.3 is 15.3 Å². The van der Waals surface area contributed by atoms with Gasteiger partial charge in [0.2, 0.25) is 5.91 Å². The predicted octanol–water partition coefficient (Wildman–Crippen LogP) is 2.51. The molecule has 3 heterocycles. The molecule has 0 aromatic carbocycles. The number of alkyl halides is 3. The molecule has 1 atom stereocenters. The first-order chi connectivity index (χ1) is 13.1. The maximum atomic E-state index is 12.6. The zero-order valence-electron chi connectivity index (χ0n) is 15.2. The zero-order valence-corrected chi connectivity index (χ0v) is 16.0. The van der Waals surface area contributed by atoms with E-state index in [1.165, 1.54) is 11.8 Å². The fraction of sp³-hybridized carbons (Fsp3) is 0.588. The average Bonchev–Trinajstić information content (AvgIpc) is 3.29. The number of likely N-dealkylation sites (tertiary alicyclic amines) is 1. The van der Waals surface area contributed by atoms with Crippen molar-refractivity contribution in [3.63, 3.8) is 0 Å². The number of hydrogen-bond donors (Lipinski definition) is 2. The number of halogens is 3. The number of aromatic nitrogens is 2. The Kier molecular flexibility index (Phi) is 5.64. The van der Waals surface area contributed by atoms with E-state index in [1.54, 1.807) is 10.3 Å². The van der Waals surface area contributed by atoms with Gasteiger partial charge >= 0.3 is 12.1 Å². The van der Waals surface area contributed by atoms with Gasteiger partial charge in [-0.1, -0.05) is 6.92 Å². The number of carbonyl (C=O) groups excluding carboxylic acids is 1. The third-order valence-corrected chi connectivity index (χ3v) is 6.72. The summed E-state index contributed by atoms with van der Waals surface area (Å²) in [5.74, 6) is -1.09. The number of nitrogens with one attached hydrogen (secondary N) is 1. The van der Waals surface area contributed by atoms with E-state index in [1.807, 2.05) is 6.92 Å². The molecule has 1 amide bonds. The molecule has 0 spiro atoms. The first-order valence-corrected chi connectivity index (χ1v) is 9.80. The highest BCUT2D eigenvalue weighted by Gasteiger charge is 2.44. The fourth-order valence-electron chi connectivity index (χ4n) is 3.65. The molecule has 0 saturated carbocycles. The van der Waals surface area contributed by atoms with Crippen molar-refractivity contribution in [3.8, 4) is 0 Å². The molecular formula is C17H21F3N4O3S. The lowest BCUT2D eigenvalue weighted by Crippen LogP contribution is -2.51. The van der Waals surface area contributed by atoms with Crippen molar-refractivity contribution < 1.29 is 27.9 Å². The predicted molar refractivity (Wildman–Crippen MR) is 96.0 cm³/mol. The molecule has 1 aromatic rings. The number of piperidine rings is 1. The summed E-state index contributed by atoms with van der Waals surface area (Å²) < 4.78 is 38.8. The first-order valence-electron chi connectivity index (χ1n) is 8.92.